The number of carboxylic acid groups (broad SMARTS) is 1. The standard InChI is InChI=1S/C17H29N3O4/c1-4-13(5-2)20-10-12(8-14(20)21)16(24)19-7-6-17(3,11-19)18-9-15(22)23/h12-13,18H,4-11H2,1-3H3,(H,22,23)/t12-,17+/m0/s1. The first-order chi connectivity index (χ1) is 11.3. The van der Waals surface area contributed by atoms with Gasteiger partial charge >= 0.3 is 5.97 Å². The van der Waals surface area contributed by atoms with Gasteiger partial charge in [-0.1, -0.05) is 13.8 Å². The second kappa shape index (κ2) is 7.51. The maximum absolute atomic E-state index is 12.8. The predicted molar refractivity (Wildman–Crippen MR) is 89.4 cm³/mol. The Kier molecular flexibility index (Phi) is 5.85. The van der Waals surface area contributed by atoms with Crippen LogP contribution in [0.15, 0.2) is 0 Å². The van der Waals surface area contributed by atoms with E-state index >= 15 is 0 Å². The maximum atomic E-state index is 12.8. The van der Waals surface area contributed by atoms with Crippen molar-refractivity contribution in [3.05, 3.63) is 0 Å². The van der Waals surface area contributed by atoms with Crippen LogP contribution in [0, 0.1) is 5.92 Å². The Morgan fingerprint density at radius 3 is 2.62 bits per heavy atom. The van der Waals surface area contributed by atoms with Crippen molar-refractivity contribution in [1.82, 2.24) is 15.1 Å². The van der Waals surface area contributed by atoms with Crippen LogP contribution >= 0.6 is 0 Å². The van der Waals surface area contributed by atoms with Crippen LogP contribution in [0.4, 0.5) is 0 Å². The summed E-state index contributed by atoms with van der Waals surface area (Å²) in [6, 6.07) is 0.219. The smallest absolute Gasteiger partial charge is 0.317 e. The zero-order valence-electron chi connectivity index (χ0n) is 14.9. The van der Waals surface area contributed by atoms with Gasteiger partial charge in [0.05, 0.1) is 12.5 Å². The van der Waals surface area contributed by atoms with Gasteiger partial charge < -0.3 is 14.9 Å². The quantitative estimate of drug-likeness (QED) is 0.712. The second-order valence-corrected chi connectivity index (χ2v) is 7.24. The lowest BCUT2D eigenvalue weighted by atomic mass is 10.0. The molecule has 2 rings (SSSR count). The van der Waals surface area contributed by atoms with E-state index in [1.54, 1.807) is 4.90 Å². The SMILES string of the molecule is CCC(CC)N1C[C@@H](C(=O)N2CC[C@@](C)(NCC(=O)O)C2)CC1=O. The van der Waals surface area contributed by atoms with Crippen LogP contribution < -0.4 is 5.32 Å². The lowest BCUT2D eigenvalue weighted by Gasteiger charge is -2.28. The molecule has 0 spiro atoms. The van der Waals surface area contributed by atoms with Crippen LogP contribution in [0.5, 0.6) is 0 Å². The van der Waals surface area contributed by atoms with Crippen LogP contribution in [0.3, 0.4) is 0 Å². The van der Waals surface area contributed by atoms with Crippen molar-refractivity contribution in [3.8, 4) is 0 Å². The first-order valence-electron chi connectivity index (χ1n) is 8.84. The molecule has 24 heavy (non-hydrogen) atoms. The van der Waals surface area contributed by atoms with Crippen molar-refractivity contribution in [2.75, 3.05) is 26.2 Å². The van der Waals surface area contributed by atoms with Gasteiger partial charge in [0.25, 0.3) is 0 Å². The Balaban J connectivity index is 1.93. The van der Waals surface area contributed by atoms with E-state index in [0.717, 1.165) is 19.3 Å². The van der Waals surface area contributed by atoms with Gasteiger partial charge in [-0.2, -0.15) is 0 Å². The molecule has 0 bridgehead atoms. The highest BCUT2D eigenvalue weighted by Crippen LogP contribution is 2.28. The fourth-order valence-electron chi connectivity index (χ4n) is 3.82. The van der Waals surface area contributed by atoms with E-state index in [4.69, 9.17) is 5.11 Å². The monoisotopic (exact) mass is 339 g/mol. The Bertz CT molecular complexity index is 506. The summed E-state index contributed by atoms with van der Waals surface area (Å²) in [5, 5.41) is 11.8. The minimum atomic E-state index is -0.900. The first-order valence-corrected chi connectivity index (χ1v) is 8.84. The lowest BCUT2D eigenvalue weighted by Crippen LogP contribution is -2.48. The van der Waals surface area contributed by atoms with Gasteiger partial charge in [0.2, 0.25) is 11.8 Å². The maximum Gasteiger partial charge on any atom is 0.317 e. The average Bonchev–Trinajstić information content (AvgIpc) is 3.11. The van der Waals surface area contributed by atoms with Gasteiger partial charge in [0, 0.05) is 37.6 Å². The van der Waals surface area contributed by atoms with Gasteiger partial charge in [-0.15, -0.1) is 0 Å². The van der Waals surface area contributed by atoms with Crippen LogP contribution in [0.1, 0.15) is 46.5 Å². The van der Waals surface area contributed by atoms with E-state index in [1.165, 1.54) is 0 Å². The van der Waals surface area contributed by atoms with Crippen LogP contribution in [0.2, 0.25) is 0 Å². The molecule has 136 valence electrons. The van der Waals surface area contributed by atoms with E-state index in [0.29, 0.717) is 26.1 Å². The minimum absolute atomic E-state index is 0.0256. The molecule has 0 saturated carbocycles. The Labute approximate surface area is 143 Å². The molecule has 2 N–H and O–H groups in total. The summed E-state index contributed by atoms with van der Waals surface area (Å²) in [7, 11) is 0. The Hall–Kier alpha value is -1.63. The molecule has 0 unspecified atom stereocenters. The summed E-state index contributed by atoms with van der Waals surface area (Å²) < 4.78 is 0. The van der Waals surface area contributed by atoms with Crippen LogP contribution in [-0.2, 0) is 14.4 Å². The lowest BCUT2D eigenvalue weighted by molar-refractivity contribution is -0.136. The molecule has 2 aliphatic heterocycles. The second-order valence-electron chi connectivity index (χ2n) is 7.24. The molecule has 2 atom stereocenters. The summed E-state index contributed by atoms with van der Waals surface area (Å²) in [4.78, 5) is 39.4. The topological polar surface area (TPSA) is 90.0 Å². The molecule has 2 fully saturated rings. The average molecular weight is 339 g/mol. The van der Waals surface area contributed by atoms with Gasteiger partial charge in [-0.05, 0) is 26.2 Å². The number of nitrogens with zero attached hydrogens (tertiary/aromatic N) is 2. The highest BCUT2D eigenvalue weighted by atomic mass is 16.4. The molecular formula is C17H29N3O4. The number of carboxylic acids is 1. The highest BCUT2D eigenvalue weighted by molar-refractivity contribution is 5.89. The number of hydrogen-bond donors (Lipinski definition) is 2. The molecule has 0 aromatic heterocycles. The summed E-state index contributed by atoms with van der Waals surface area (Å²) in [5.74, 6) is -1.06. The van der Waals surface area contributed by atoms with E-state index in [2.05, 4.69) is 19.2 Å². The van der Waals surface area contributed by atoms with E-state index in [1.807, 2.05) is 11.8 Å². The van der Waals surface area contributed by atoms with Gasteiger partial charge in [0.15, 0.2) is 0 Å². The first kappa shape index (κ1) is 18.7. The third-order valence-corrected chi connectivity index (χ3v) is 5.34. The normalized spacial score (nSPS) is 27.3. The number of rotatable bonds is 7. The van der Waals surface area contributed by atoms with Crippen molar-refractivity contribution in [3.63, 3.8) is 0 Å². The molecule has 2 saturated heterocycles. The predicted octanol–water partition coefficient (Wildman–Crippen LogP) is 0.689. The van der Waals surface area contributed by atoms with E-state index in [9.17, 15) is 14.4 Å². The number of carbonyl (C=O) groups is 3. The molecule has 2 aliphatic rings. The number of carbonyl (C=O) groups excluding carboxylic acids is 2. The van der Waals surface area contributed by atoms with Crippen LogP contribution in [-0.4, -0.2) is 70.4 Å². The molecule has 7 nitrogen and oxygen atoms in total. The van der Waals surface area contributed by atoms with Gasteiger partial charge in [-0.3, -0.25) is 19.7 Å². The Morgan fingerprint density at radius 1 is 1.38 bits per heavy atom. The Morgan fingerprint density at radius 2 is 2.04 bits per heavy atom. The van der Waals surface area contributed by atoms with Crippen LogP contribution in [0.25, 0.3) is 0 Å². The number of likely N-dealkylation sites (tertiary alicyclic amines) is 2. The number of nitrogens with one attached hydrogen (secondary N) is 1. The van der Waals surface area contributed by atoms with Gasteiger partial charge in [-0.25, -0.2) is 0 Å². The van der Waals surface area contributed by atoms with Gasteiger partial charge in [0.1, 0.15) is 0 Å². The zero-order valence-corrected chi connectivity index (χ0v) is 14.9. The molecule has 0 aromatic rings. The molecule has 2 amide bonds. The molecule has 2 heterocycles. The largest absolute Gasteiger partial charge is 0.480 e. The number of aliphatic carboxylic acids is 1. The van der Waals surface area contributed by atoms with Crippen molar-refractivity contribution in [1.29, 1.82) is 0 Å². The fourth-order valence-corrected chi connectivity index (χ4v) is 3.82. The molecule has 0 aliphatic carbocycles. The molecule has 0 radical (unpaired) electrons. The van der Waals surface area contributed by atoms with Crippen molar-refractivity contribution >= 4 is 17.8 Å². The van der Waals surface area contributed by atoms with E-state index in [-0.39, 0.29) is 35.9 Å². The minimum Gasteiger partial charge on any atom is -0.480 e. The zero-order chi connectivity index (χ0) is 17.9. The highest BCUT2D eigenvalue weighted by Gasteiger charge is 2.42. The number of amides is 2. The third-order valence-electron chi connectivity index (χ3n) is 5.34. The van der Waals surface area contributed by atoms with E-state index < -0.39 is 5.97 Å². The summed E-state index contributed by atoms with van der Waals surface area (Å²) in [6.45, 7) is 7.59. The molecule has 0 aromatic carbocycles. The summed E-state index contributed by atoms with van der Waals surface area (Å²) in [6.07, 6.45) is 2.84. The van der Waals surface area contributed by atoms with Crippen molar-refractivity contribution < 1.29 is 19.5 Å². The fraction of sp³-hybridized carbons (Fsp3) is 0.824. The number of hydrogen-bond acceptors (Lipinski definition) is 4. The third kappa shape index (κ3) is 4.06. The summed E-state index contributed by atoms with van der Waals surface area (Å²) >= 11 is 0. The van der Waals surface area contributed by atoms with Crippen molar-refractivity contribution in [2.24, 2.45) is 5.92 Å². The van der Waals surface area contributed by atoms with Crippen molar-refractivity contribution in [2.45, 2.75) is 58.0 Å². The summed E-state index contributed by atoms with van der Waals surface area (Å²) in [5.41, 5.74) is -0.369. The molecule has 7 heteroatoms. The molecular weight excluding hydrogens is 310 g/mol.